The Morgan fingerprint density at radius 2 is 2.00 bits per heavy atom. The van der Waals surface area contributed by atoms with Crippen LogP contribution >= 0.6 is 11.8 Å². The molecule has 1 heteroatoms. The smallest absolute Gasteiger partial charge is 0.0177 e. The third kappa shape index (κ3) is 7.91. The van der Waals surface area contributed by atoms with Gasteiger partial charge in [0.25, 0.3) is 0 Å². The SMILES string of the molecule is C#CCCSC(C)(C)C. The third-order valence-corrected chi connectivity index (χ3v) is 2.06. The fraction of sp³-hybridized carbons (Fsp3) is 0.750. The summed E-state index contributed by atoms with van der Waals surface area (Å²) in [5.74, 6) is 3.70. The Bertz CT molecular complexity index is 103. The molecular formula is C8H14S. The van der Waals surface area contributed by atoms with Crippen molar-refractivity contribution in [3.63, 3.8) is 0 Å². The largest absolute Gasteiger partial charge is 0.155 e. The summed E-state index contributed by atoms with van der Waals surface area (Å²) in [5, 5.41) is 0. The number of rotatable bonds is 2. The van der Waals surface area contributed by atoms with Crippen molar-refractivity contribution in [3.05, 3.63) is 0 Å². The van der Waals surface area contributed by atoms with Crippen molar-refractivity contribution < 1.29 is 0 Å². The van der Waals surface area contributed by atoms with Crippen molar-refractivity contribution in [1.82, 2.24) is 0 Å². The van der Waals surface area contributed by atoms with E-state index in [9.17, 15) is 0 Å². The molecule has 9 heavy (non-hydrogen) atoms. The highest BCUT2D eigenvalue weighted by Gasteiger charge is 2.08. The lowest BCUT2D eigenvalue weighted by Gasteiger charge is -2.15. The average Bonchev–Trinajstić information content (AvgIpc) is 1.63. The summed E-state index contributed by atoms with van der Waals surface area (Å²) in [6, 6.07) is 0. The average molecular weight is 142 g/mol. The topological polar surface area (TPSA) is 0 Å². The summed E-state index contributed by atoms with van der Waals surface area (Å²) in [7, 11) is 0. The molecule has 0 spiro atoms. The molecule has 0 aliphatic rings. The lowest BCUT2D eigenvalue weighted by atomic mass is 10.3. The number of hydrogen-bond acceptors (Lipinski definition) is 1. The van der Waals surface area contributed by atoms with E-state index in [1.807, 2.05) is 11.8 Å². The van der Waals surface area contributed by atoms with Crippen LogP contribution in [0.5, 0.6) is 0 Å². The second-order valence-corrected chi connectivity index (χ2v) is 4.84. The van der Waals surface area contributed by atoms with Crippen molar-refractivity contribution in [2.45, 2.75) is 31.9 Å². The van der Waals surface area contributed by atoms with Gasteiger partial charge in [0.1, 0.15) is 0 Å². The van der Waals surface area contributed by atoms with E-state index in [2.05, 4.69) is 26.7 Å². The Hall–Kier alpha value is -0.0900. The van der Waals surface area contributed by atoms with Crippen molar-refractivity contribution in [3.8, 4) is 12.3 Å². The molecule has 0 radical (unpaired) electrons. The van der Waals surface area contributed by atoms with E-state index in [0.717, 1.165) is 12.2 Å². The minimum atomic E-state index is 0.372. The van der Waals surface area contributed by atoms with E-state index in [-0.39, 0.29) is 0 Å². The van der Waals surface area contributed by atoms with Crippen molar-refractivity contribution >= 4 is 11.8 Å². The van der Waals surface area contributed by atoms with Gasteiger partial charge in [-0.25, -0.2) is 0 Å². The summed E-state index contributed by atoms with van der Waals surface area (Å²) >= 11 is 1.92. The molecule has 0 atom stereocenters. The molecule has 0 unspecified atom stereocenters. The molecule has 0 fully saturated rings. The molecule has 0 aromatic heterocycles. The number of terminal acetylenes is 1. The summed E-state index contributed by atoms with van der Waals surface area (Å²) < 4.78 is 0.372. The zero-order valence-corrected chi connectivity index (χ0v) is 7.22. The Balaban J connectivity index is 3.20. The first-order valence-electron chi connectivity index (χ1n) is 3.14. The van der Waals surface area contributed by atoms with Gasteiger partial charge in [-0.15, -0.1) is 12.3 Å². The van der Waals surface area contributed by atoms with Gasteiger partial charge in [-0.3, -0.25) is 0 Å². The second kappa shape index (κ2) is 3.85. The van der Waals surface area contributed by atoms with E-state index in [1.54, 1.807) is 0 Å². The van der Waals surface area contributed by atoms with Gasteiger partial charge in [0.15, 0.2) is 0 Å². The molecule has 0 N–H and O–H groups in total. The van der Waals surface area contributed by atoms with Crippen molar-refractivity contribution in [2.75, 3.05) is 5.75 Å². The zero-order valence-electron chi connectivity index (χ0n) is 6.40. The van der Waals surface area contributed by atoms with Crippen LogP contribution in [0, 0.1) is 12.3 Å². The maximum Gasteiger partial charge on any atom is 0.0177 e. The molecular weight excluding hydrogens is 128 g/mol. The van der Waals surface area contributed by atoms with E-state index in [4.69, 9.17) is 6.42 Å². The molecule has 0 rings (SSSR count). The normalized spacial score (nSPS) is 10.9. The van der Waals surface area contributed by atoms with Gasteiger partial charge < -0.3 is 0 Å². The van der Waals surface area contributed by atoms with Crippen LogP contribution in [0.3, 0.4) is 0 Å². The fourth-order valence-electron chi connectivity index (χ4n) is 0.416. The van der Waals surface area contributed by atoms with Gasteiger partial charge in [0, 0.05) is 16.9 Å². The fourth-order valence-corrected chi connectivity index (χ4v) is 1.25. The molecule has 0 aliphatic heterocycles. The predicted molar refractivity (Wildman–Crippen MR) is 45.7 cm³/mol. The van der Waals surface area contributed by atoms with Crippen molar-refractivity contribution in [2.24, 2.45) is 0 Å². The minimum Gasteiger partial charge on any atom is -0.155 e. The summed E-state index contributed by atoms with van der Waals surface area (Å²) in [4.78, 5) is 0. The van der Waals surface area contributed by atoms with Crippen LogP contribution < -0.4 is 0 Å². The van der Waals surface area contributed by atoms with Crippen LogP contribution in [0.25, 0.3) is 0 Å². The minimum absolute atomic E-state index is 0.372. The highest BCUT2D eigenvalue weighted by atomic mass is 32.2. The van der Waals surface area contributed by atoms with Gasteiger partial charge in [-0.1, -0.05) is 20.8 Å². The third-order valence-electron chi connectivity index (χ3n) is 0.781. The molecule has 0 aromatic carbocycles. The Morgan fingerprint density at radius 1 is 1.44 bits per heavy atom. The highest BCUT2D eigenvalue weighted by Crippen LogP contribution is 2.23. The van der Waals surface area contributed by atoms with Gasteiger partial charge >= 0.3 is 0 Å². The quantitative estimate of drug-likeness (QED) is 0.422. The number of hydrogen-bond donors (Lipinski definition) is 0. The maximum absolute atomic E-state index is 5.09. The second-order valence-electron chi connectivity index (χ2n) is 2.91. The number of thioether (sulfide) groups is 1. The lowest BCUT2D eigenvalue weighted by Crippen LogP contribution is -2.07. The Labute approximate surface area is 62.4 Å². The van der Waals surface area contributed by atoms with Crippen LogP contribution in [0.1, 0.15) is 27.2 Å². The van der Waals surface area contributed by atoms with Crippen LogP contribution in [0.4, 0.5) is 0 Å². The standard InChI is InChI=1S/C8H14S/c1-5-6-7-9-8(2,3)4/h1H,6-7H2,2-4H3. The van der Waals surface area contributed by atoms with Gasteiger partial charge in [-0.05, 0) is 0 Å². The lowest BCUT2D eigenvalue weighted by molar-refractivity contribution is 0.802. The first-order valence-corrected chi connectivity index (χ1v) is 4.12. The van der Waals surface area contributed by atoms with Crippen LogP contribution in [0.2, 0.25) is 0 Å². The van der Waals surface area contributed by atoms with Crippen LogP contribution in [-0.4, -0.2) is 10.5 Å². The van der Waals surface area contributed by atoms with E-state index in [1.165, 1.54) is 0 Å². The van der Waals surface area contributed by atoms with Crippen LogP contribution in [0.15, 0.2) is 0 Å². The summed E-state index contributed by atoms with van der Waals surface area (Å²) in [6.45, 7) is 6.61. The van der Waals surface area contributed by atoms with E-state index >= 15 is 0 Å². The molecule has 0 saturated carbocycles. The molecule has 0 bridgehead atoms. The molecule has 52 valence electrons. The van der Waals surface area contributed by atoms with Gasteiger partial charge in [-0.2, -0.15) is 11.8 Å². The highest BCUT2D eigenvalue weighted by molar-refractivity contribution is 8.00. The first-order chi connectivity index (χ1) is 4.06. The first kappa shape index (κ1) is 8.91. The van der Waals surface area contributed by atoms with Gasteiger partial charge in [0.05, 0.1) is 0 Å². The Kier molecular flexibility index (Phi) is 3.81. The summed E-state index contributed by atoms with van der Waals surface area (Å²) in [5.41, 5.74) is 0. The zero-order chi connectivity index (χ0) is 7.33. The van der Waals surface area contributed by atoms with Crippen LogP contribution in [-0.2, 0) is 0 Å². The van der Waals surface area contributed by atoms with E-state index < -0.39 is 0 Å². The molecule has 0 aromatic rings. The monoisotopic (exact) mass is 142 g/mol. The molecule has 0 amide bonds. The molecule has 0 aliphatic carbocycles. The molecule has 0 heterocycles. The Morgan fingerprint density at radius 3 is 2.33 bits per heavy atom. The van der Waals surface area contributed by atoms with Gasteiger partial charge in [0.2, 0.25) is 0 Å². The van der Waals surface area contributed by atoms with E-state index in [0.29, 0.717) is 4.75 Å². The molecule has 0 nitrogen and oxygen atoms in total. The predicted octanol–water partition coefficient (Wildman–Crippen LogP) is 2.54. The molecule has 0 saturated heterocycles. The van der Waals surface area contributed by atoms with Crippen molar-refractivity contribution in [1.29, 1.82) is 0 Å². The summed E-state index contributed by atoms with van der Waals surface area (Å²) in [6.07, 6.45) is 5.99. The maximum atomic E-state index is 5.09.